The van der Waals surface area contributed by atoms with Crippen LogP contribution in [0.3, 0.4) is 0 Å². The predicted octanol–water partition coefficient (Wildman–Crippen LogP) is 4.90. The van der Waals surface area contributed by atoms with Crippen molar-refractivity contribution in [2.75, 3.05) is 26.7 Å². The molecule has 1 atom stereocenters. The molecule has 8 heteroatoms. The van der Waals surface area contributed by atoms with Gasteiger partial charge in [-0.15, -0.1) is 10.2 Å². The van der Waals surface area contributed by atoms with Gasteiger partial charge in [-0.2, -0.15) is 0 Å². The Labute approximate surface area is 225 Å². The first-order chi connectivity index (χ1) is 18.4. The smallest absolute Gasteiger partial charge is 0.257 e. The number of aromatic nitrogens is 2. The lowest BCUT2D eigenvalue weighted by Gasteiger charge is -2.32. The van der Waals surface area contributed by atoms with Gasteiger partial charge < -0.3 is 19.0 Å². The molecule has 0 radical (unpaired) electrons. The molecule has 2 aromatic carbocycles. The van der Waals surface area contributed by atoms with Crippen molar-refractivity contribution in [2.24, 2.45) is 0 Å². The lowest BCUT2D eigenvalue weighted by atomic mass is 10.0. The average Bonchev–Trinajstić information content (AvgIpc) is 3.41. The number of hydrogen-bond acceptors (Lipinski definition) is 6. The monoisotopic (exact) mass is 518 g/mol. The number of rotatable bonds is 6. The van der Waals surface area contributed by atoms with Crippen LogP contribution in [0.25, 0.3) is 0 Å². The van der Waals surface area contributed by atoms with Crippen LogP contribution < -0.4 is 4.74 Å². The largest absolute Gasteiger partial charge is 0.491 e. The summed E-state index contributed by atoms with van der Waals surface area (Å²) >= 11 is 0. The van der Waals surface area contributed by atoms with Crippen molar-refractivity contribution in [3.05, 3.63) is 77.5 Å². The van der Waals surface area contributed by atoms with Crippen LogP contribution >= 0.6 is 0 Å². The van der Waals surface area contributed by atoms with Gasteiger partial charge in [-0.25, -0.2) is 0 Å². The van der Waals surface area contributed by atoms with Gasteiger partial charge in [0, 0.05) is 38.9 Å². The fourth-order valence-electron chi connectivity index (χ4n) is 4.68. The van der Waals surface area contributed by atoms with E-state index >= 15 is 0 Å². The fraction of sp³-hybridized carbons (Fsp3) is 0.467. The molecule has 2 heterocycles. The summed E-state index contributed by atoms with van der Waals surface area (Å²) in [5.74, 6) is 1.75. The van der Waals surface area contributed by atoms with E-state index in [0.717, 1.165) is 24.8 Å². The van der Waals surface area contributed by atoms with E-state index in [0.29, 0.717) is 49.0 Å². The van der Waals surface area contributed by atoms with Crippen LogP contribution in [0.15, 0.2) is 59.0 Å². The van der Waals surface area contributed by atoms with Crippen LogP contribution in [0, 0.1) is 0 Å². The molecule has 0 bridgehead atoms. The Kier molecular flexibility index (Phi) is 9.51. The highest BCUT2D eigenvalue weighted by Crippen LogP contribution is 2.23. The number of amides is 2. The van der Waals surface area contributed by atoms with Crippen molar-refractivity contribution in [2.45, 2.75) is 64.3 Å². The van der Waals surface area contributed by atoms with Crippen LogP contribution in [-0.2, 0) is 17.6 Å². The average molecular weight is 519 g/mol. The Morgan fingerprint density at radius 1 is 1.00 bits per heavy atom. The topological polar surface area (TPSA) is 88.8 Å². The van der Waals surface area contributed by atoms with Crippen molar-refractivity contribution >= 4 is 11.8 Å². The van der Waals surface area contributed by atoms with Crippen LogP contribution in [0.1, 0.15) is 73.2 Å². The molecule has 0 saturated heterocycles. The van der Waals surface area contributed by atoms with E-state index in [1.54, 1.807) is 11.0 Å². The first-order valence-corrected chi connectivity index (χ1v) is 13.6. The number of para-hydroxylation sites is 1. The fourth-order valence-corrected chi connectivity index (χ4v) is 4.68. The molecule has 38 heavy (non-hydrogen) atoms. The number of benzene rings is 2. The Morgan fingerprint density at radius 2 is 1.74 bits per heavy atom. The molecule has 2 amide bonds. The molecule has 0 fully saturated rings. The standard InChI is InChI=1S/C30H38N4O4/c1-22(2)29-32-31-27(38-29)16-17-28(35)34-19-11-5-10-18-33(3)30(36)25-14-8-9-15-26(25)37-21-24(34)20-23-12-6-4-7-13-23/h4,6-9,12-15,22,24H,5,10-11,16-21H2,1-3H3/t24-/m0/s1. The minimum Gasteiger partial charge on any atom is -0.491 e. The maximum atomic E-state index is 13.7. The first-order valence-electron chi connectivity index (χ1n) is 13.6. The zero-order valence-corrected chi connectivity index (χ0v) is 22.6. The van der Waals surface area contributed by atoms with Crippen LogP contribution in [0.2, 0.25) is 0 Å². The number of aryl methyl sites for hydroxylation is 1. The molecular weight excluding hydrogens is 480 g/mol. The van der Waals surface area contributed by atoms with E-state index in [4.69, 9.17) is 9.15 Å². The summed E-state index contributed by atoms with van der Waals surface area (Å²) in [6.45, 7) is 5.56. The summed E-state index contributed by atoms with van der Waals surface area (Å²) in [5.41, 5.74) is 1.67. The van der Waals surface area contributed by atoms with Gasteiger partial charge in [-0.1, -0.05) is 56.3 Å². The molecule has 0 N–H and O–H groups in total. The highest BCUT2D eigenvalue weighted by Gasteiger charge is 2.27. The Hall–Kier alpha value is -3.68. The van der Waals surface area contributed by atoms with Crippen LogP contribution in [0.4, 0.5) is 0 Å². The number of fused-ring (bicyclic) bond motifs is 1. The minimum atomic E-state index is -0.194. The summed E-state index contributed by atoms with van der Waals surface area (Å²) in [4.78, 5) is 30.5. The summed E-state index contributed by atoms with van der Waals surface area (Å²) in [6, 6.07) is 17.3. The number of nitrogens with zero attached hydrogens (tertiary/aromatic N) is 4. The third-order valence-corrected chi connectivity index (χ3v) is 6.89. The van der Waals surface area contributed by atoms with Crippen molar-refractivity contribution in [1.29, 1.82) is 0 Å². The predicted molar refractivity (Wildman–Crippen MR) is 145 cm³/mol. The van der Waals surface area contributed by atoms with Gasteiger partial charge in [-0.05, 0) is 43.4 Å². The van der Waals surface area contributed by atoms with E-state index in [-0.39, 0.29) is 36.8 Å². The lowest BCUT2D eigenvalue weighted by Crippen LogP contribution is -2.45. The van der Waals surface area contributed by atoms with E-state index in [9.17, 15) is 9.59 Å². The van der Waals surface area contributed by atoms with Gasteiger partial charge >= 0.3 is 0 Å². The highest BCUT2D eigenvalue weighted by atomic mass is 16.5. The van der Waals surface area contributed by atoms with Crippen LogP contribution in [-0.4, -0.2) is 64.6 Å². The van der Waals surface area contributed by atoms with Crippen molar-refractivity contribution in [3.63, 3.8) is 0 Å². The second kappa shape index (κ2) is 13.2. The Morgan fingerprint density at radius 3 is 2.50 bits per heavy atom. The molecule has 4 rings (SSSR count). The maximum absolute atomic E-state index is 13.7. The summed E-state index contributed by atoms with van der Waals surface area (Å²) in [7, 11) is 1.83. The summed E-state index contributed by atoms with van der Waals surface area (Å²) < 4.78 is 12.0. The minimum absolute atomic E-state index is 0.0372. The Bertz CT molecular complexity index is 1190. The zero-order valence-electron chi connectivity index (χ0n) is 22.6. The van der Waals surface area contributed by atoms with E-state index in [1.807, 2.05) is 62.2 Å². The molecule has 0 unspecified atom stereocenters. The first kappa shape index (κ1) is 27.4. The molecule has 8 nitrogen and oxygen atoms in total. The highest BCUT2D eigenvalue weighted by molar-refractivity contribution is 5.96. The number of hydrogen-bond donors (Lipinski definition) is 0. The number of carbonyl (C=O) groups is 2. The van der Waals surface area contributed by atoms with Gasteiger partial charge in [-0.3, -0.25) is 9.59 Å². The second-order valence-electron chi connectivity index (χ2n) is 10.2. The molecule has 1 aliphatic heterocycles. The zero-order chi connectivity index (χ0) is 26.9. The number of carbonyl (C=O) groups excluding carboxylic acids is 2. The summed E-state index contributed by atoms with van der Waals surface area (Å²) in [6.07, 6.45) is 3.98. The van der Waals surface area contributed by atoms with E-state index in [2.05, 4.69) is 22.3 Å². The van der Waals surface area contributed by atoms with Crippen molar-refractivity contribution in [3.8, 4) is 5.75 Å². The van der Waals surface area contributed by atoms with Crippen molar-refractivity contribution < 1.29 is 18.7 Å². The summed E-state index contributed by atoms with van der Waals surface area (Å²) in [5, 5.41) is 8.22. The molecule has 202 valence electrons. The molecule has 3 aromatic rings. The van der Waals surface area contributed by atoms with Crippen molar-refractivity contribution in [1.82, 2.24) is 20.0 Å². The molecular formula is C30H38N4O4. The molecule has 0 saturated carbocycles. The Balaban J connectivity index is 1.58. The second-order valence-corrected chi connectivity index (χ2v) is 10.2. The quantitative estimate of drug-likeness (QED) is 0.461. The SMILES string of the molecule is CC(C)c1nnc(CCC(=O)N2CCCCCN(C)C(=O)c3ccccc3OC[C@@H]2Cc2ccccc2)o1. The third-order valence-electron chi connectivity index (χ3n) is 6.89. The van der Waals surface area contributed by atoms with Gasteiger partial charge in [0.1, 0.15) is 12.4 Å². The molecule has 1 aromatic heterocycles. The van der Waals surface area contributed by atoms with Gasteiger partial charge in [0.15, 0.2) is 0 Å². The lowest BCUT2D eigenvalue weighted by molar-refractivity contribution is -0.134. The van der Waals surface area contributed by atoms with Gasteiger partial charge in [0.2, 0.25) is 17.7 Å². The van der Waals surface area contributed by atoms with Gasteiger partial charge in [0.25, 0.3) is 5.91 Å². The van der Waals surface area contributed by atoms with Crippen LogP contribution in [0.5, 0.6) is 5.75 Å². The van der Waals surface area contributed by atoms with E-state index < -0.39 is 0 Å². The maximum Gasteiger partial charge on any atom is 0.257 e. The normalized spacial score (nSPS) is 17.3. The molecule has 0 spiro atoms. The molecule has 0 aliphatic carbocycles. The third kappa shape index (κ3) is 7.21. The van der Waals surface area contributed by atoms with Gasteiger partial charge in [0.05, 0.1) is 11.6 Å². The molecule has 1 aliphatic rings. The van der Waals surface area contributed by atoms with E-state index in [1.165, 1.54) is 0 Å². The number of ether oxygens (including phenoxy) is 1.